The SMILES string of the molecule is NC(=[NH+]OC(=O)CCCN1C(=O)c2ccccc2C1=O)c1ccc(Cl)cc1. The lowest BCUT2D eigenvalue weighted by atomic mass is 10.1. The summed E-state index contributed by atoms with van der Waals surface area (Å²) in [5.41, 5.74) is 7.19. The number of carbonyl (C=O) groups is 3. The second-order valence-electron chi connectivity index (χ2n) is 5.91. The lowest BCUT2D eigenvalue weighted by Gasteiger charge is -2.12. The summed E-state index contributed by atoms with van der Waals surface area (Å²) in [5, 5.41) is 2.95. The minimum absolute atomic E-state index is 0.0221. The van der Waals surface area contributed by atoms with E-state index in [1.165, 1.54) is 0 Å². The molecule has 0 spiro atoms. The standard InChI is InChI=1S/C19H16ClN3O4/c20-13-9-7-12(8-10-13)17(21)22-27-16(24)6-3-11-23-18(25)14-4-1-2-5-15(14)19(23)26/h1-2,4-5,7-10H,3,6,11H2,(H2,21,22)/p+1. The van der Waals surface area contributed by atoms with Gasteiger partial charge in [-0.15, -0.1) is 0 Å². The second kappa shape index (κ2) is 8.01. The molecule has 8 heteroatoms. The Bertz CT molecular complexity index is 890. The summed E-state index contributed by atoms with van der Waals surface area (Å²) in [4.78, 5) is 42.3. The van der Waals surface area contributed by atoms with E-state index in [0.717, 1.165) is 4.90 Å². The van der Waals surface area contributed by atoms with Crippen LogP contribution in [-0.4, -0.2) is 35.1 Å². The third kappa shape index (κ3) is 4.15. The highest BCUT2D eigenvalue weighted by Gasteiger charge is 2.34. The number of imide groups is 1. The van der Waals surface area contributed by atoms with E-state index in [2.05, 4.69) is 5.16 Å². The number of carbonyl (C=O) groups excluding carboxylic acids is 3. The van der Waals surface area contributed by atoms with Gasteiger partial charge in [-0.2, -0.15) is 0 Å². The van der Waals surface area contributed by atoms with Crippen molar-refractivity contribution in [3.63, 3.8) is 0 Å². The van der Waals surface area contributed by atoms with Crippen LogP contribution in [0.3, 0.4) is 0 Å². The van der Waals surface area contributed by atoms with E-state index in [1.807, 2.05) is 0 Å². The first-order valence-electron chi connectivity index (χ1n) is 8.26. The lowest BCUT2D eigenvalue weighted by Crippen LogP contribution is -2.75. The monoisotopic (exact) mass is 386 g/mol. The van der Waals surface area contributed by atoms with Gasteiger partial charge in [-0.05, 0) is 42.8 Å². The van der Waals surface area contributed by atoms with E-state index >= 15 is 0 Å². The molecule has 27 heavy (non-hydrogen) atoms. The second-order valence-corrected chi connectivity index (χ2v) is 6.34. The number of rotatable bonds is 6. The van der Waals surface area contributed by atoms with Crippen LogP contribution in [0.5, 0.6) is 0 Å². The van der Waals surface area contributed by atoms with Gasteiger partial charge in [0.05, 0.1) is 23.1 Å². The molecule has 2 aromatic carbocycles. The highest BCUT2D eigenvalue weighted by Crippen LogP contribution is 2.22. The molecule has 0 saturated heterocycles. The van der Waals surface area contributed by atoms with Crippen molar-refractivity contribution in [2.75, 3.05) is 6.54 Å². The van der Waals surface area contributed by atoms with Crippen molar-refractivity contribution in [2.24, 2.45) is 5.73 Å². The summed E-state index contributed by atoms with van der Waals surface area (Å²) in [5.74, 6) is -1.08. The zero-order valence-corrected chi connectivity index (χ0v) is 15.0. The Kier molecular flexibility index (Phi) is 5.52. The fourth-order valence-corrected chi connectivity index (χ4v) is 2.80. The van der Waals surface area contributed by atoms with Crippen LogP contribution < -0.4 is 10.9 Å². The van der Waals surface area contributed by atoms with Gasteiger partial charge in [-0.25, -0.2) is 4.79 Å². The highest BCUT2D eigenvalue weighted by atomic mass is 35.5. The molecule has 0 unspecified atom stereocenters. The summed E-state index contributed by atoms with van der Waals surface area (Å²) < 4.78 is 0. The van der Waals surface area contributed by atoms with Crippen molar-refractivity contribution in [3.8, 4) is 0 Å². The molecule has 0 fully saturated rings. The molecule has 1 aliphatic heterocycles. The summed E-state index contributed by atoms with van der Waals surface area (Å²) in [6, 6.07) is 13.3. The van der Waals surface area contributed by atoms with Crippen LogP contribution >= 0.6 is 11.6 Å². The molecule has 0 radical (unpaired) electrons. The van der Waals surface area contributed by atoms with E-state index < -0.39 is 5.97 Å². The number of fused-ring (bicyclic) bond motifs is 1. The largest absolute Gasteiger partial charge is 0.357 e. The van der Waals surface area contributed by atoms with Gasteiger partial charge < -0.3 is 0 Å². The van der Waals surface area contributed by atoms with Crippen LogP contribution in [0, 0.1) is 0 Å². The highest BCUT2D eigenvalue weighted by molar-refractivity contribution is 6.30. The first kappa shape index (κ1) is 18.6. The molecule has 0 saturated carbocycles. The maximum atomic E-state index is 12.2. The van der Waals surface area contributed by atoms with E-state index in [0.29, 0.717) is 21.7 Å². The van der Waals surface area contributed by atoms with E-state index in [1.54, 1.807) is 48.5 Å². The predicted octanol–water partition coefficient (Wildman–Crippen LogP) is 0.660. The van der Waals surface area contributed by atoms with Gasteiger partial charge in [0.1, 0.15) is 0 Å². The number of amidine groups is 1. The fourth-order valence-electron chi connectivity index (χ4n) is 2.68. The third-order valence-corrected chi connectivity index (χ3v) is 4.32. The van der Waals surface area contributed by atoms with E-state index in [4.69, 9.17) is 22.2 Å². The maximum absolute atomic E-state index is 12.2. The van der Waals surface area contributed by atoms with E-state index in [9.17, 15) is 14.4 Å². The van der Waals surface area contributed by atoms with Gasteiger partial charge in [0.2, 0.25) is 0 Å². The van der Waals surface area contributed by atoms with Crippen molar-refractivity contribution in [2.45, 2.75) is 12.8 Å². The Morgan fingerprint density at radius 3 is 2.22 bits per heavy atom. The van der Waals surface area contributed by atoms with Gasteiger partial charge >= 0.3 is 11.8 Å². The predicted molar refractivity (Wildman–Crippen MR) is 97.8 cm³/mol. The molecular weight excluding hydrogens is 370 g/mol. The van der Waals surface area contributed by atoms with Crippen LogP contribution in [0.1, 0.15) is 39.1 Å². The molecule has 7 nitrogen and oxygen atoms in total. The van der Waals surface area contributed by atoms with Crippen molar-refractivity contribution in [3.05, 3.63) is 70.2 Å². The molecule has 1 heterocycles. The molecule has 2 aromatic rings. The Morgan fingerprint density at radius 2 is 1.63 bits per heavy atom. The van der Waals surface area contributed by atoms with Crippen LogP contribution in [0.2, 0.25) is 5.02 Å². The number of nitrogens with two attached hydrogens (primary N) is 1. The molecular formula is C19H17ClN3O4+. The Balaban J connectivity index is 1.49. The van der Waals surface area contributed by atoms with Gasteiger partial charge in [0.25, 0.3) is 11.8 Å². The molecule has 1 aliphatic rings. The number of hydrogen-bond acceptors (Lipinski definition) is 4. The summed E-state index contributed by atoms with van der Waals surface area (Å²) in [7, 11) is 0. The van der Waals surface area contributed by atoms with Crippen LogP contribution in [-0.2, 0) is 9.63 Å². The minimum Gasteiger partial charge on any atom is -0.284 e. The molecule has 0 aliphatic carbocycles. The first-order chi connectivity index (χ1) is 13.0. The number of hydrogen-bond donors (Lipinski definition) is 2. The van der Waals surface area contributed by atoms with Crippen LogP contribution in [0.4, 0.5) is 0 Å². The molecule has 3 rings (SSSR count). The van der Waals surface area contributed by atoms with Gasteiger partial charge in [0, 0.05) is 11.6 Å². The van der Waals surface area contributed by atoms with Crippen molar-refractivity contribution >= 4 is 35.2 Å². The molecule has 2 amide bonds. The van der Waals surface area contributed by atoms with Gasteiger partial charge in [-0.1, -0.05) is 28.9 Å². The number of nitrogens with zero attached hydrogens (tertiary/aromatic N) is 1. The lowest BCUT2D eigenvalue weighted by molar-refractivity contribution is -0.724. The first-order valence-corrected chi connectivity index (χ1v) is 8.64. The van der Waals surface area contributed by atoms with Crippen LogP contribution in [0.15, 0.2) is 48.5 Å². The normalized spacial score (nSPS) is 13.7. The quantitative estimate of drug-likeness (QED) is 0.249. The van der Waals surface area contributed by atoms with Gasteiger partial charge in [0.15, 0.2) is 0 Å². The van der Waals surface area contributed by atoms with Gasteiger partial charge in [-0.3, -0.25) is 25.1 Å². The number of halogens is 1. The molecule has 138 valence electrons. The van der Waals surface area contributed by atoms with E-state index in [-0.39, 0.29) is 37.0 Å². The molecule has 0 atom stereocenters. The zero-order valence-electron chi connectivity index (χ0n) is 14.3. The molecule has 0 bridgehead atoms. The minimum atomic E-state index is -0.552. The number of benzene rings is 2. The third-order valence-electron chi connectivity index (χ3n) is 4.07. The van der Waals surface area contributed by atoms with Crippen molar-refractivity contribution < 1.29 is 24.4 Å². The van der Waals surface area contributed by atoms with Crippen molar-refractivity contribution in [1.82, 2.24) is 4.90 Å². The average molecular weight is 387 g/mol. The van der Waals surface area contributed by atoms with Crippen molar-refractivity contribution in [1.29, 1.82) is 0 Å². The molecule has 0 aromatic heterocycles. The Morgan fingerprint density at radius 1 is 1.04 bits per heavy atom. The summed E-state index contributed by atoms with van der Waals surface area (Å²) in [6.07, 6.45) is 0.307. The molecule has 3 N–H and O–H groups in total. The average Bonchev–Trinajstić information content (AvgIpc) is 2.92. The fraction of sp³-hybridized carbons (Fsp3) is 0.158. The topological polar surface area (TPSA) is 104 Å². The smallest absolute Gasteiger partial charge is 0.284 e. The zero-order chi connectivity index (χ0) is 19.4. The number of amides is 2. The summed E-state index contributed by atoms with van der Waals surface area (Å²) >= 11 is 5.80. The summed E-state index contributed by atoms with van der Waals surface area (Å²) in [6.45, 7) is 0.137. The number of nitrogen functional groups attached to an aromatic ring is 1. The number of nitrogens with one attached hydrogen (secondary N) is 1. The Labute approximate surface area is 160 Å². The maximum Gasteiger partial charge on any atom is 0.357 e. The Hall–Kier alpha value is -3.19. The van der Waals surface area contributed by atoms with Crippen LogP contribution in [0.25, 0.3) is 0 Å².